The van der Waals surface area contributed by atoms with Crippen molar-refractivity contribution in [1.82, 2.24) is 5.32 Å². The normalized spacial score (nSPS) is 8.31. The van der Waals surface area contributed by atoms with Crippen molar-refractivity contribution in [1.29, 1.82) is 0 Å². The van der Waals surface area contributed by atoms with Crippen molar-refractivity contribution in [3.8, 4) is 0 Å². The molecule has 0 bridgehead atoms. The summed E-state index contributed by atoms with van der Waals surface area (Å²) in [7, 11) is 2.43. The fourth-order valence-corrected chi connectivity index (χ4v) is 0.477. The smallest absolute Gasteiger partial charge is 0.530 e. The molecule has 0 aliphatic carbocycles. The predicted molar refractivity (Wildman–Crippen MR) is 49.3 cm³/mol. The Bertz CT molecular complexity index is 119. The van der Waals surface area contributed by atoms with Crippen LogP contribution in [0.25, 0.3) is 0 Å². The van der Waals surface area contributed by atoms with Crippen molar-refractivity contribution < 1.29 is 18.8 Å². The summed E-state index contributed by atoms with van der Waals surface area (Å²) >= 11 is 0. The molecule has 0 heterocycles. The lowest BCUT2D eigenvalue weighted by molar-refractivity contribution is -0.250. The quantitative estimate of drug-likeness (QED) is 0.644. The van der Waals surface area contributed by atoms with Crippen LogP contribution in [0.2, 0.25) is 6.55 Å². The van der Waals surface area contributed by atoms with Crippen LogP contribution in [-0.4, -0.2) is 36.1 Å². The van der Waals surface area contributed by atoms with Gasteiger partial charge in [0.15, 0.2) is 0 Å². The first-order valence-electron chi connectivity index (χ1n) is 3.94. The molecule has 0 radical (unpaired) electrons. The van der Waals surface area contributed by atoms with Crippen molar-refractivity contribution in [2.45, 2.75) is 19.9 Å². The maximum absolute atomic E-state index is 9.54. The molecular weight excluding hydrogens is 190 g/mol. The number of carbonyl (C=O) groups is 1. The molecule has 0 rings (SSSR count). The topological polar surface area (TPSA) is 70.6 Å². The van der Waals surface area contributed by atoms with E-state index in [1.54, 1.807) is 14.2 Å². The predicted octanol–water partition coefficient (Wildman–Crippen LogP) is -0.273. The maximum atomic E-state index is 9.54. The molecule has 0 aromatic rings. The highest BCUT2D eigenvalue weighted by Gasteiger charge is 2.17. The molecule has 0 aromatic carbocycles. The summed E-state index contributed by atoms with van der Waals surface area (Å²) in [5.41, 5.74) is 0. The van der Waals surface area contributed by atoms with E-state index in [-0.39, 0.29) is 0 Å². The summed E-state index contributed by atoms with van der Waals surface area (Å²) in [6.07, 6.45) is -0.379. The molecule has 0 saturated carbocycles. The Balaban J connectivity index is 0. The lowest BCUT2D eigenvalue weighted by Gasteiger charge is -2.01. The fourth-order valence-electron chi connectivity index (χ4n) is 0.310. The van der Waals surface area contributed by atoms with Gasteiger partial charge in [-0.1, -0.05) is 6.92 Å². The van der Waals surface area contributed by atoms with E-state index in [9.17, 15) is 9.90 Å². The number of nitrogens with one attached hydrogen (secondary N) is 1. The highest BCUT2D eigenvalue weighted by molar-refractivity contribution is 6.42. The summed E-state index contributed by atoms with van der Waals surface area (Å²) in [5.74, 6) is 0. The molecule has 0 unspecified atom stereocenters. The van der Waals surface area contributed by atoms with Crippen molar-refractivity contribution in [2.24, 2.45) is 0 Å². The standard InChI is InChI=1S/C4H9NO2.C3H9O2Si/c1-2-3-5-4(6)7;1-4-6(3)5-2/h5H,2-3H2,1H3,(H,6,7);1-3H3/q;+1/p-1. The second kappa shape index (κ2) is 11.4. The highest BCUT2D eigenvalue weighted by atomic mass is 28.3. The molecule has 1 N–H and O–H groups in total. The third-order valence-corrected chi connectivity index (χ3v) is 2.24. The van der Waals surface area contributed by atoms with Crippen LogP contribution in [-0.2, 0) is 8.85 Å². The molecule has 0 fully saturated rings. The van der Waals surface area contributed by atoms with Gasteiger partial charge < -0.3 is 15.2 Å². The van der Waals surface area contributed by atoms with Crippen LogP contribution in [0, 0.1) is 0 Å². The molecule has 1 amide bonds. The molecule has 0 saturated heterocycles. The number of carboxylic acid groups (broad SMARTS) is 1. The van der Waals surface area contributed by atoms with Gasteiger partial charge in [0.2, 0.25) is 0 Å². The van der Waals surface area contributed by atoms with Crippen LogP contribution in [0.5, 0.6) is 0 Å². The second-order valence-corrected chi connectivity index (χ2v) is 3.91. The minimum atomic E-state index is -1.19. The van der Waals surface area contributed by atoms with Gasteiger partial charge >= 0.3 is 9.28 Å². The Morgan fingerprint density at radius 2 is 1.92 bits per heavy atom. The Morgan fingerprint density at radius 1 is 1.46 bits per heavy atom. The first-order valence-corrected chi connectivity index (χ1v) is 5.76. The van der Waals surface area contributed by atoms with E-state index in [1.807, 2.05) is 13.5 Å². The average molecular weight is 207 g/mol. The van der Waals surface area contributed by atoms with Crippen LogP contribution in [0.4, 0.5) is 4.79 Å². The van der Waals surface area contributed by atoms with Gasteiger partial charge in [0.25, 0.3) is 0 Å². The zero-order valence-corrected chi connectivity index (χ0v) is 9.55. The van der Waals surface area contributed by atoms with E-state index in [4.69, 9.17) is 8.85 Å². The second-order valence-electron chi connectivity index (χ2n) is 2.11. The van der Waals surface area contributed by atoms with E-state index in [0.717, 1.165) is 6.42 Å². The Morgan fingerprint density at radius 3 is 2.00 bits per heavy atom. The first kappa shape index (κ1) is 14.9. The van der Waals surface area contributed by atoms with Crippen LogP contribution in [0.1, 0.15) is 13.3 Å². The van der Waals surface area contributed by atoms with Crippen LogP contribution in [0.15, 0.2) is 0 Å². The molecule has 0 aliphatic rings. The maximum Gasteiger partial charge on any atom is 0.639 e. The third kappa shape index (κ3) is 18.4. The number of carbonyl (C=O) groups excluding carboxylic acids is 1. The Labute approximate surface area is 80.9 Å². The molecule has 0 spiro atoms. The summed E-state index contributed by atoms with van der Waals surface area (Å²) in [4.78, 5) is 9.54. The summed E-state index contributed by atoms with van der Waals surface area (Å²) in [6.45, 7) is 4.31. The van der Waals surface area contributed by atoms with Gasteiger partial charge in [0.1, 0.15) is 12.6 Å². The zero-order chi connectivity index (χ0) is 10.7. The van der Waals surface area contributed by atoms with Gasteiger partial charge in [-0.3, -0.25) is 0 Å². The van der Waals surface area contributed by atoms with Gasteiger partial charge in [-0.15, -0.1) is 0 Å². The van der Waals surface area contributed by atoms with Gasteiger partial charge in [0.05, 0.1) is 14.2 Å². The van der Waals surface area contributed by atoms with Gasteiger partial charge in [-0.2, -0.15) is 0 Å². The minimum absolute atomic E-state index is 0.488. The van der Waals surface area contributed by atoms with E-state index < -0.39 is 15.4 Å². The Kier molecular flexibility index (Phi) is 13.1. The van der Waals surface area contributed by atoms with Crippen molar-refractivity contribution in [3.05, 3.63) is 0 Å². The number of hydrogen-bond acceptors (Lipinski definition) is 4. The molecule has 78 valence electrons. The van der Waals surface area contributed by atoms with Crippen LogP contribution >= 0.6 is 0 Å². The van der Waals surface area contributed by atoms with Crippen LogP contribution < -0.4 is 10.4 Å². The van der Waals surface area contributed by atoms with E-state index in [0.29, 0.717) is 6.54 Å². The molecule has 0 aromatic heterocycles. The van der Waals surface area contributed by atoms with E-state index in [1.165, 1.54) is 0 Å². The summed E-state index contributed by atoms with van der Waals surface area (Å²) in [6, 6.07) is 0. The van der Waals surface area contributed by atoms with Crippen LogP contribution in [0.3, 0.4) is 0 Å². The molecule has 13 heavy (non-hydrogen) atoms. The number of rotatable bonds is 4. The minimum Gasteiger partial charge on any atom is -0.530 e. The molecule has 5 nitrogen and oxygen atoms in total. The average Bonchev–Trinajstić information content (AvgIpc) is 2.14. The Hall–Kier alpha value is -0.593. The number of hydrogen-bond donors (Lipinski definition) is 1. The third-order valence-electron chi connectivity index (χ3n) is 1.09. The van der Waals surface area contributed by atoms with Crippen molar-refractivity contribution in [2.75, 3.05) is 20.8 Å². The molecule has 0 aliphatic heterocycles. The largest absolute Gasteiger partial charge is 0.639 e. The molecular formula is C7H17NO4Si. The summed E-state index contributed by atoms with van der Waals surface area (Å²) in [5, 5.41) is 11.6. The lowest BCUT2D eigenvalue weighted by Crippen LogP contribution is -2.36. The van der Waals surface area contributed by atoms with Gasteiger partial charge in [-0.25, -0.2) is 8.85 Å². The van der Waals surface area contributed by atoms with Gasteiger partial charge in [0, 0.05) is 6.54 Å². The van der Waals surface area contributed by atoms with E-state index >= 15 is 0 Å². The monoisotopic (exact) mass is 207 g/mol. The first-order chi connectivity index (χ1) is 6.08. The fraction of sp³-hybridized carbons (Fsp3) is 0.857. The van der Waals surface area contributed by atoms with E-state index in [2.05, 4.69) is 5.32 Å². The highest BCUT2D eigenvalue weighted by Crippen LogP contribution is 1.77. The number of amides is 1. The zero-order valence-electron chi connectivity index (χ0n) is 8.55. The van der Waals surface area contributed by atoms with Crippen molar-refractivity contribution in [3.63, 3.8) is 0 Å². The SMILES string of the molecule is CCCNC(=O)[O-].CO[Si+](C)OC. The molecule has 0 atom stereocenters. The summed E-state index contributed by atoms with van der Waals surface area (Å²) < 4.78 is 9.56. The molecule has 6 heteroatoms. The van der Waals surface area contributed by atoms with Gasteiger partial charge in [-0.05, 0) is 6.42 Å². The van der Waals surface area contributed by atoms with Crippen molar-refractivity contribution >= 4 is 15.4 Å². The lowest BCUT2D eigenvalue weighted by atomic mass is 10.5.